The second-order valence-electron chi connectivity index (χ2n) is 3.27. The van der Waals surface area contributed by atoms with Gasteiger partial charge in [0, 0.05) is 13.7 Å². The predicted molar refractivity (Wildman–Crippen MR) is 48.6 cm³/mol. The molecule has 1 saturated heterocycles. The highest BCUT2D eigenvalue weighted by Gasteiger charge is 2.26. The normalized spacial score (nSPS) is 22.9. The molecule has 0 bridgehead atoms. The Labute approximate surface area is 78.8 Å². The molecule has 0 N–H and O–H groups in total. The van der Waals surface area contributed by atoms with Gasteiger partial charge in [0.25, 0.3) is 0 Å². The number of carbonyl (C=O) groups is 1. The van der Waals surface area contributed by atoms with Gasteiger partial charge in [-0.1, -0.05) is 0 Å². The van der Waals surface area contributed by atoms with E-state index in [2.05, 4.69) is 0 Å². The van der Waals surface area contributed by atoms with Gasteiger partial charge in [-0.3, -0.25) is 0 Å². The maximum absolute atomic E-state index is 11.3. The fraction of sp³-hybridized carbons (Fsp3) is 0.889. The Hall–Kier alpha value is -0.770. The topological polar surface area (TPSA) is 38.8 Å². The molecular weight excluding hydrogens is 170 g/mol. The predicted octanol–water partition coefficient (Wildman–Crippen LogP) is 1.25. The average molecular weight is 187 g/mol. The summed E-state index contributed by atoms with van der Waals surface area (Å²) in [5.74, 6) is 0. The number of piperidine rings is 1. The van der Waals surface area contributed by atoms with E-state index in [1.54, 1.807) is 12.0 Å². The Morgan fingerprint density at radius 2 is 2.23 bits per heavy atom. The molecule has 1 amide bonds. The van der Waals surface area contributed by atoms with Crippen LogP contribution in [0.3, 0.4) is 0 Å². The Morgan fingerprint density at radius 3 is 2.85 bits per heavy atom. The van der Waals surface area contributed by atoms with E-state index in [9.17, 15) is 4.79 Å². The SMILES string of the molecule is COCC1CCCCN1C(=O)OC. The van der Waals surface area contributed by atoms with Gasteiger partial charge in [-0.25, -0.2) is 4.79 Å². The van der Waals surface area contributed by atoms with Crippen LogP contribution in [0.15, 0.2) is 0 Å². The first-order chi connectivity index (χ1) is 6.29. The van der Waals surface area contributed by atoms with E-state index in [0.29, 0.717) is 6.61 Å². The van der Waals surface area contributed by atoms with Gasteiger partial charge in [0.15, 0.2) is 0 Å². The zero-order chi connectivity index (χ0) is 9.68. The van der Waals surface area contributed by atoms with Gasteiger partial charge in [0.2, 0.25) is 0 Å². The molecule has 1 unspecified atom stereocenters. The Balaban J connectivity index is 2.50. The summed E-state index contributed by atoms with van der Waals surface area (Å²) in [5.41, 5.74) is 0. The average Bonchev–Trinajstić information content (AvgIpc) is 2.18. The Kier molecular flexibility index (Phi) is 4.02. The highest BCUT2D eigenvalue weighted by molar-refractivity contribution is 5.67. The summed E-state index contributed by atoms with van der Waals surface area (Å²) in [6, 6.07) is 0.200. The molecule has 1 aliphatic rings. The second kappa shape index (κ2) is 5.07. The fourth-order valence-corrected chi connectivity index (χ4v) is 1.72. The lowest BCUT2D eigenvalue weighted by molar-refractivity contribution is 0.0522. The van der Waals surface area contributed by atoms with Crippen LogP contribution in [-0.4, -0.2) is 44.4 Å². The number of nitrogens with zero attached hydrogens (tertiary/aromatic N) is 1. The lowest BCUT2D eigenvalue weighted by Crippen LogP contribution is -2.45. The van der Waals surface area contributed by atoms with E-state index in [-0.39, 0.29) is 12.1 Å². The van der Waals surface area contributed by atoms with Crippen LogP contribution in [0.5, 0.6) is 0 Å². The molecule has 76 valence electrons. The standard InChI is InChI=1S/C9H17NO3/c1-12-7-8-5-3-4-6-10(8)9(11)13-2/h8H,3-7H2,1-2H3. The van der Waals surface area contributed by atoms with Crippen molar-refractivity contribution in [3.8, 4) is 0 Å². The smallest absolute Gasteiger partial charge is 0.409 e. The zero-order valence-electron chi connectivity index (χ0n) is 8.28. The molecule has 1 rings (SSSR count). The first kappa shape index (κ1) is 10.3. The summed E-state index contributed by atoms with van der Waals surface area (Å²) < 4.78 is 9.75. The maximum Gasteiger partial charge on any atom is 0.409 e. The minimum Gasteiger partial charge on any atom is -0.453 e. The molecule has 4 heteroatoms. The second-order valence-corrected chi connectivity index (χ2v) is 3.27. The third-order valence-electron chi connectivity index (χ3n) is 2.40. The number of hydrogen-bond acceptors (Lipinski definition) is 3. The summed E-state index contributed by atoms with van der Waals surface area (Å²) in [4.78, 5) is 13.1. The van der Waals surface area contributed by atoms with Gasteiger partial charge in [0.1, 0.15) is 0 Å². The van der Waals surface area contributed by atoms with Gasteiger partial charge < -0.3 is 14.4 Å². The monoisotopic (exact) mass is 187 g/mol. The van der Waals surface area contributed by atoms with Crippen molar-refractivity contribution in [2.45, 2.75) is 25.3 Å². The fourth-order valence-electron chi connectivity index (χ4n) is 1.72. The van der Waals surface area contributed by atoms with E-state index in [0.717, 1.165) is 19.4 Å². The molecule has 1 aliphatic heterocycles. The summed E-state index contributed by atoms with van der Waals surface area (Å²) >= 11 is 0. The van der Waals surface area contributed by atoms with Crippen molar-refractivity contribution in [2.24, 2.45) is 0 Å². The number of ether oxygens (including phenoxy) is 2. The zero-order valence-corrected chi connectivity index (χ0v) is 8.28. The molecule has 0 aromatic rings. The quantitative estimate of drug-likeness (QED) is 0.653. The molecule has 0 aromatic carbocycles. The van der Waals surface area contributed by atoms with Crippen molar-refractivity contribution >= 4 is 6.09 Å². The Bertz CT molecular complexity index is 170. The number of hydrogen-bond donors (Lipinski definition) is 0. The van der Waals surface area contributed by atoms with Crippen LogP contribution in [0.2, 0.25) is 0 Å². The van der Waals surface area contributed by atoms with E-state index in [1.807, 2.05) is 0 Å². The molecule has 4 nitrogen and oxygen atoms in total. The lowest BCUT2D eigenvalue weighted by atomic mass is 10.0. The molecule has 0 aromatic heterocycles. The molecular formula is C9H17NO3. The molecule has 13 heavy (non-hydrogen) atoms. The minimum absolute atomic E-state index is 0.200. The number of rotatable bonds is 2. The van der Waals surface area contributed by atoms with Crippen LogP contribution in [0.25, 0.3) is 0 Å². The van der Waals surface area contributed by atoms with Gasteiger partial charge in [-0.2, -0.15) is 0 Å². The number of carbonyl (C=O) groups excluding carboxylic acids is 1. The number of amides is 1. The lowest BCUT2D eigenvalue weighted by Gasteiger charge is -2.33. The summed E-state index contributed by atoms with van der Waals surface area (Å²) in [5, 5.41) is 0. The van der Waals surface area contributed by atoms with Crippen LogP contribution in [0.4, 0.5) is 4.79 Å². The van der Waals surface area contributed by atoms with Crippen LogP contribution < -0.4 is 0 Å². The summed E-state index contributed by atoms with van der Waals surface area (Å²) in [7, 11) is 3.07. The van der Waals surface area contributed by atoms with Gasteiger partial charge in [-0.05, 0) is 19.3 Å². The highest BCUT2D eigenvalue weighted by atomic mass is 16.5. The molecule has 0 spiro atoms. The summed E-state index contributed by atoms with van der Waals surface area (Å²) in [6.45, 7) is 1.40. The van der Waals surface area contributed by atoms with Crippen molar-refractivity contribution in [2.75, 3.05) is 27.4 Å². The molecule has 1 fully saturated rings. The van der Waals surface area contributed by atoms with Crippen LogP contribution >= 0.6 is 0 Å². The van der Waals surface area contributed by atoms with Crippen molar-refractivity contribution < 1.29 is 14.3 Å². The summed E-state index contributed by atoms with van der Waals surface area (Å²) in [6.07, 6.45) is 3.02. The molecule has 1 atom stereocenters. The van der Waals surface area contributed by atoms with E-state index < -0.39 is 0 Å². The third-order valence-corrected chi connectivity index (χ3v) is 2.40. The number of likely N-dealkylation sites (tertiary alicyclic amines) is 1. The van der Waals surface area contributed by atoms with Crippen LogP contribution in [0.1, 0.15) is 19.3 Å². The molecule has 0 saturated carbocycles. The van der Waals surface area contributed by atoms with Crippen LogP contribution in [-0.2, 0) is 9.47 Å². The van der Waals surface area contributed by atoms with E-state index in [1.165, 1.54) is 13.5 Å². The van der Waals surface area contributed by atoms with Gasteiger partial charge in [-0.15, -0.1) is 0 Å². The van der Waals surface area contributed by atoms with Crippen molar-refractivity contribution in [3.63, 3.8) is 0 Å². The minimum atomic E-state index is -0.234. The number of methoxy groups -OCH3 is 2. The van der Waals surface area contributed by atoms with Crippen molar-refractivity contribution in [1.29, 1.82) is 0 Å². The van der Waals surface area contributed by atoms with Gasteiger partial charge >= 0.3 is 6.09 Å². The largest absolute Gasteiger partial charge is 0.453 e. The first-order valence-electron chi connectivity index (χ1n) is 4.63. The van der Waals surface area contributed by atoms with Gasteiger partial charge in [0.05, 0.1) is 19.8 Å². The molecule has 0 aliphatic carbocycles. The van der Waals surface area contributed by atoms with Crippen molar-refractivity contribution in [1.82, 2.24) is 4.90 Å². The van der Waals surface area contributed by atoms with Crippen LogP contribution in [0, 0.1) is 0 Å². The molecule has 0 radical (unpaired) electrons. The first-order valence-corrected chi connectivity index (χ1v) is 4.63. The van der Waals surface area contributed by atoms with E-state index in [4.69, 9.17) is 9.47 Å². The maximum atomic E-state index is 11.3. The molecule has 1 heterocycles. The van der Waals surface area contributed by atoms with Crippen molar-refractivity contribution in [3.05, 3.63) is 0 Å². The van der Waals surface area contributed by atoms with E-state index >= 15 is 0 Å². The Morgan fingerprint density at radius 1 is 1.46 bits per heavy atom. The highest BCUT2D eigenvalue weighted by Crippen LogP contribution is 2.17. The third kappa shape index (κ3) is 2.59.